The summed E-state index contributed by atoms with van der Waals surface area (Å²) in [6.45, 7) is 5.03. The summed E-state index contributed by atoms with van der Waals surface area (Å²) in [4.78, 5) is 5.32. The molecule has 0 unspecified atom stereocenters. The Morgan fingerprint density at radius 1 is 1.00 bits per heavy atom. The Morgan fingerprint density at radius 3 is 2.28 bits per heavy atom. The van der Waals surface area contributed by atoms with Gasteiger partial charge in [-0.3, -0.25) is 9.80 Å². The summed E-state index contributed by atoms with van der Waals surface area (Å²) in [5.41, 5.74) is 0.539. The molecule has 1 aliphatic rings. The highest BCUT2D eigenvalue weighted by Gasteiger charge is 2.30. The molecule has 29 heavy (non-hydrogen) atoms. The lowest BCUT2D eigenvalue weighted by molar-refractivity contribution is -0.137. The van der Waals surface area contributed by atoms with E-state index in [0.717, 1.165) is 54.8 Å². The van der Waals surface area contributed by atoms with Crippen LogP contribution in [0.25, 0.3) is 0 Å². The van der Waals surface area contributed by atoms with Gasteiger partial charge >= 0.3 is 6.18 Å². The molecule has 1 aliphatic heterocycles. The highest BCUT2D eigenvalue weighted by Crippen LogP contribution is 2.30. The van der Waals surface area contributed by atoms with E-state index in [1.807, 2.05) is 18.2 Å². The van der Waals surface area contributed by atoms with Crippen LogP contribution in [0.2, 0.25) is 5.02 Å². The van der Waals surface area contributed by atoms with Gasteiger partial charge in [-0.15, -0.1) is 11.8 Å². The van der Waals surface area contributed by atoms with Crippen LogP contribution in [0.3, 0.4) is 0 Å². The molecule has 3 nitrogen and oxygen atoms in total. The van der Waals surface area contributed by atoms with Gasteiger partial charge in [0.25, 0.3) is 0 Å². The lowest BCUT2D eigenvalue weighted by Gasteiger charge is -2.35. The fourth-order valence-corrected chi connectivity index (χ4v) is 4.34. The number of aliphatic hydroxyl groups excluding tert-OH is 1. The number of thioether (sulfide) groups is 1. The fraction of sp³-hybridized carbons (Fsp3) is 0.429. The summed E-state index contributed by atoms with van der Waals surface area (Å²) in [5, 5.41) is 11.1. The van der Waals surface area contributed by atoms with Crippen LogP contribution in [0.1, 0.15) is 11.1 Å². The standard InChI is InChI=1S/C21H24ClF3N2OS/c22-18-3-1-2-16(12-18)13-26-8-10-27(11-9-26)14-19(28)15-29-20-6-4-17(5-7-20)21(23,24)25/h1-7,12,19,28H,8-11,13-15H2/t19-/m0/s1. The smallest absolute Gasteiger partial charge is 0.391 e. The van der Waals surface area contributed by atoms with Crippen molar-refractivity contribution in [1.29, 1.82) is 0 Å². The molecule has 2 aromatic rings. The summed E-state index contributed by atoms with van der Waals surface area (Å²) in [6, 6.07) is 12.9. The van der Waals surface area contributed by atoms with Crippen LogP contribution in [0, 0.1) is 0 Å². The van der Waals surface area contributed by atoms with E-state index in [2.05, 4.69) is 15.9 Å². The highest BCUT2D eigenvalue weighted by atomic mass is 35.5. The molecule has 0 amide bonds. The van der Waals surface area contributed by atoms with E-state index in [-0.39, 0.29) is 0 Å². The summed E-state index contributed by atoms with van der Waals surface area (Å²) in [5.74, 6) is 0.452. The quantitative estimate of drug-likeness (QED) is 0.630. The molecular weight excluding hydrogens is 421 g/mol. The van der Waals surface area contributed by atoms with Crippen LogP contribution in [-0.2, 0) is 12.7 Å². The van der Waals surface area contributed by atoms with E-state index in [0.29, 0.717) is 12.3 Å². The van der Waals surface area contributed by atoms with Gasteiger partial charge in [0.15, 0.2) is 0 Å². The van der Waals surface area contributed by atoms with Crippen molar-refractivity contribution in [2.24, 2.45) is 0 Å². The number of β-amino-alcohol motifs (C(OH)–C–C–N with tert-alkyl or cyclic N) is 1. The highest BCUT2D eigenvalue weighted by molar-refractivity contribution is 7.99. The number of aliphatic hydroxyl groups is 1. The van der Waals surface area contributed by atoms with Gasteiger partial charge in [0.05, 0.1) is 11.7 Å². The van der Waals surface area contributed by atoms with Gasteiger partial charge in [-0.05, 0) is 42.0 Å². The largest absolute Gasteiger partial charge is 0.416 e. The minimum absolute atomic E-state index is 0.452. The first-order valence-corrected chi connectivity index (χ1v) is 10.8. The SMILES string of the molecule is O[C@H](CSc1ccc(C(F)(F)F)cc1)CN1CCN(Cc2cccc(Cl)c2)CC1. The molecule has 0 aromatic heterocycles. The van der Waals surface area contributed by atoms with E-state index in [1.54, 1.807) is 0 Å². The topological polar surface area (TPSA) is 26.7 Å². The average Bonchev–Trinajstić information content (AvgIpc) is 2.68. The summed E-state index contributed by atoms with van der Waals surface area (Å²) >= 11 is 7.41. The number of hydrogen-bond acceptors (Lipinski definition) is 4. The van der Waals surface area contributed by atoms with Gasteiger partial charge in [-0.1, -0.05) is 23.7 Å². The maximum Gasteiger partial charge on any atom is 0.416 e. The van der Waals surface area contributed by atoms with Crippen molar-refractivity contribution in [3.8, 4) is 0 Å². The summed E-state index contributed by atoms with van der Waals surface area (Å²) in [7, 11) is 0. The Labute approximate surface area is 178 Å². The number of rotatable bonds is 7. The first-order valence-electron chi connectivity index (χ1n) is 9.47. The molecule has 0 radical (unpaired) electrons. The Morgan fingerprint density at radius 2 is 1.66 bits per heavy atom. The molecular formula is C21H24ClF3N2OS. The molecule has 1 fully saturated rings. The Bertz CT molecular complexity index is 780. The van der Waals surface area contributed by atoms with Crippen LogP contribution >= 0.6 is 23.4 Å². The molecule has 1 heterocycles. The monoisotopic (exact) mass is 444 g/mol. The molecule has 0 aliphatic carbocycles. The Balaban J connectivity index is 1.38. The lowest BCUT2D eigenvalue weighted by Crippen LogP contribution is -2.48. The van der Waals surface area contributed by atoms with Crippen molar-refractivity contribution in [1.82, 2.24) is 9.80 Å². The van der Waals surface area contributed by atoms with Crippen LogP contribution < -0.4 is 0 Å². The summed E-state index contributed by atoms with van der Waals surface area (Å²) in [6.07, 6.45) is -4.85. The van der Waals surface area contributed by atoms with Gasteiger partial charge in [0.1, 0.15) is 0 Å². The number of benzene rings is 2. The number of hydrogen-bond donors (Lipinski definition) is 1. The minimum atomic E-state index is -4.32. The third kappa shape index (κ3) is 7.19. The Kier molecular flexibility index (Phi) is 7.87. The lowest BCUT2D eigenvalue weighted by atomic mass is 10.2. The molecule has 8 heteroatoms. The van der Waals surface area contributed by atoms with Crippen molar-refractivity contribution in [3.63, 3.8) is 0 Å². The molecule has 0 spiro atoms. The second kappa shape index (κ2) is 10.2. The predicted octanol–water partition coefficient (Wildman–Crippen LogP) is 4.63. The number of alkyl halides is 3. The van der Waals surface area contributed by atoms with Crippen molar-refractivity contribution < 1.29 is 18.3 Å². The predicted molar refractivity (Wildman–Crippen MR) is 111 cm³/mol. The third-order valence-corrected chi connectivity index (χ3v) is 6.25. The van der Waals surface area contributed by atoms with Crippen LogP contribution in [-0.4, -0.2) is 59.5 Å². The molecule has 1 N–H and O–H groups in total. The molecule has 2 aromatic carbocycles. The van der Waals surface area contributed by atoms with E-state index >= 15 is 0 Å². The molecule has 0 saturated carbocycles. The number of nitrogens with zero attached hydrogens (tertiary/aromatic N) is 2. The molecule has 158 valence electrons. The Hall–Kier alpha value is -1.25. The zero-order chi connectivity index (χ0) is 20.9. The van der Waals surface area contributed by atoms with Crippen LogP contribution in [0.4, 0.5) is 13.2 Å². The molecule has 0 bridgehead atoms. The van der Waals surface area contributed by atoms with Crippen molar-refractivity contribution in [2.45, 2.75) is 23.7 Å². The first-order chi connectivity index (χ1) is 13.8. The fourth-order valence-electron chi connectivity index (χ4n) is 3.31. The van der Waals surface area contributed by atoms with E-state index < -0.39 is 17.8 Å². The van der Waals surface area contributed by atoms with Gasteiger partial charge in [-0.2, -0.15) is 13.2 Å². The van der Waals surface area contributed by atoms with Gasteiger partial charge in [0, 0.05) is 54.9 Å². The van der Waals surface area contributed by atoms with Gasteiger partial charge in [-0.25, -0.2) is 0 Å². The van der Waals surface area contributed by atoms with Crippen molar-refractivity contribution >= 4 is 23.4 Å². The van der Waals surface area contributed by atoms with Crippen molar-refractivity contribution in [2.75, 3.05) is 38.5 Å². The first kappa shape index (κ1) is 22.4. The second-order valence-corrected chi connectivity index (χ2v) is 8.72. The summed E-state index contributed by atoms with van der Waals surface area (Å²) < 4.78 is 37.8. The van der Waals surface area contributed by atoms with Crippen LogP contribution in [0.15, 0.2) is 53.4 Å². The number of piperazine rings is 1. The second-order valence-electron chi connectivity index (χ2n) is 7.19. The molecule has 3 rings (SSSR count). The van der Waals surface area contributed by atoms with E-state index in [4.69, 9.17) is 11.6 Å². The normalized spacial score (nSPS) is 17.4. The molecule has 1 saturated heterocycles. The van der Waals surface area contributed by atoms with E-state index in [1.165, 1.54) is 29.5 Å². The van der Waals surface area contributed by atoms with Gasteiger partial charge < -0.3 is 5.11 Å². The zero-order valence-electron chi connectivity index (χ0n) is 15.9. The van der Waals surface area contributed by atoms with Crippen molar-refractivity contribution in [3.05, 3.63) is 64.7 Å². The molecule has 1 atom stereocenters. The van der Waals surface area contributed by atoms with E-state index in [9.17, 15) is 18.3 Å². The van der Waals surface area contributed by atoms with Gasteiger partial charge in [0.2, 0.25) is 0 Å². The minimum Gasteiger partial charge on any atom is -0.391 e. The third-order valence-electron chi connectivity index (χ3n) is 4.85. The number of halogens is 4. The van der Waals surface area contributed by atoms with Crippen LogP contribution in [0.5, 0.6) is 0 Å². The maximum atomic E-state index is 12.6. The average molecular weight is 445 g/mol. The maximum absolute atomic E-state index is 12.6. The zero-order valence-corrected chi connectivity index (χ0v) is 17.5.